The Morgan fingerprint density at radius 2 is 1.72 bits per heavy atom. The van der Waals surface area contributed by atoms with E-state index in [1.54, 1.807) is 50.3 Å². The van der Waals surface area contributed by atoms with Crippen molar-refractivity contribution >= 4 is 58.5 Å². The van der Waals surface area contributed by atoms with Crippen LogP contribution >= 0.6 is 0 Å². The Balaban J connectivity index is 0.913. The summed E-state index contributed by atoms with van der Waals surface area (Å²) in [7, 11) is 0. The highest BCUT2D eigenvalue weighted by molar-refractivity contribution is 6.23. The summed E-state index contributed by atoms with van der Waals surface area (Å²) in [5.41, 5.74) is 2.92. The lowest BCUT2D eigenvalue weighted by Gasteiger charge is -2.36. The number of hydrogen-bond acceptors (Lipinski definition) is 13. The van der Waals surface area contributed by atoms with Gasteiger partial charge in [-0.2, -0.15) is 4.98 Å². The molecule has 5 N–H and O–H groups in total. The fourth-order valence-corrected chi connectivity index (χ4v) is 7.22. The van der Waals surface area contributed by atoms with E-state index in [0.29, 0.717) is 17.1 Å². The standard InChI is InChI=1S/C42H46N10O6/c1-4-18-43-37(54)31-25-44-41(49-36(31)47-34-9-5-8-33(46-34)42(2,3)58)45-27-11-13-28(14-12-27)51-22-20-50(21-23-51)19-6-7-26-10-15-29-30(24-26)40(57)52(39(29)56)32-16-17-35(53)48-38(32)55/h4-5,8-15,24-25,32,58H,1,6-7,16-23H2,2-3H3,(H,43,54)(H,48,53,55)(H2,44,45,46,47,49). The lowest BCUT2D eigenvalue weighted by Crippen LogP contribution is -2.54. The van der Waals surface area contributed by atoms with Crippen molar-refractivity contribution < 1.29 is 29.1 Å². The molecule has 0 saturated carbocycles. The summed E-state index contributed by atoms with van der Waals surface area (Å²) >= 11 is 0. The highest BCUT2D eigenvalue weighted by Gasteiger charge is 2.44. The van der Waals surface area contributed by atoms with Gasteiger partial charge in [-0.1, -0.05) is 18.2 Å². The summed E-state index contributed by atoms with van der Waals surface area (Å²) in [6.45, 7) is 11.6. The quantitative estimate of drug-likeness (QED) is 0.0917. The number of aromatic nitrogens is 3. The van der Waals surface area contributed by atoms with Crippen molar-refractivity contribution in [2.24, 2.45) is 0 Å². The van der Waals surface area contributed by atoms with Crippen molar-refractivity contribution in [3.8, 4) is 0 Å². The molecule has 7 rings (SSSR count). The van der Waals surface area contributed by atoms with Crippen LogP contribution in [0.15, 0.2) is 79.5 Å². The number of aryl methyl sites for hydroxylation is 1. The minimum Gasteiger partial charge on any atom is -0.384 e. The predicted molar refractivity (Wildman–Crippen MR) is 217 cm³/mol. The zero-order valence-electron chi connectivity index (χ0n) is 32.5. The van der Waals surface area contributed by atoms with Crippen molar-refractivity contribution in [1.82, 2.24) is 35.4 Å². The molecule has 16 heteroatoms. The molecule has 4 aromatic rings. The highest BCUT2D eigenvalue weighted by atomic mass is 16.3. The molecule has 2 saturated heterocycles. The summed E-state index contributed by atoms with van der Waals surface area (Å²) < 4.78 is 0. The average molecular weight is 787 g/mol. The van der Waals surface area contributed by atoms with Crippen molar-refractivity contribution in [3.63, 3.8) is 0 Å². The van der Waals surface area contributed by atoms with Gasteiger partial charge in [0.25, 0.3) is 17.7 Å². The molecular formula is C42H46N10O6. The molecule has 0 radical (unpaired) electrons. The number of anilines is 5. The Morgan fingerprint density at radius 1 is 0.966 bits per heavy atom. The van der Waals surface area contributed by atoms with Gasteiger partial charge in [-0.15, -0.1) is 6.58 Å². The van der Waals surface area contributed by atoms with Gasteiger partial charge in [-0.05, 0) is 93.7 Å². The third kappa shape index (κ3) is 8.87. The van der Waals surface area contributed by atoms with Gasteiger partial charge in [-0.3, -0.25) is 39.1 Å². The first-order chi connectivity index (χ1) is 27.9. The van der Waals surface area contributed by atoms with Crippen LogP contribution in [-0.2, 0) is 21.6 Å². The number of nitrogens with one attached hydrogen (secondary N) is 4. The Labute approximate surface area is 335 Å². The Bertz CT molecular complexity index is 2250. The van der Waals surface area contributed by atoms with Gasteiger partial charge in [-0.25, -0.2) is 9.97 Å². The summed E-state index contributed by atoms with van der Waals surface area (Å²) in [6.07, 6.45) is 4.85. The van der Waals surface area contributed by atoms with Crippen LogP contribution in [0.25, 0.3) is 0 Å². The average Bonchev–Trinajstić information content (AvgIpc) is 3.45. The number of pyridine rings is 1. The van der Waals surface area contributed by atoms with Gasteiger partial charge in [0.15, 0.2) is 0 Å². The van der Waals surface area contributed by atoms with Crippen molar-refractivity contribution in [2.75, 3.05) is 54.8 Å². The van der Waals surface area contributed by atoms with E-state index in [9.17, 15) is 29.1 Å². The molecule has 1 unspecified atom stereocenters. The highest BCUT2D eigenvalue weighted by Crippen LogP contribution is 2.29. The first-order valence-corrected chi connectivity index (χ1v) is 19.3. The summed E-state index contributed by atoms with van der Waals surface area (Å²) in [5, 5.41) is 21.8. The van der Waals surface area contributed by atoms with E-state index in [0.717, 1.165) is 67.4 Å². The zero-order valence-corrected chi connectivity index (χ0v) is 32.5. The lowest BCUT2D eigenvalue weighted by molar-refractivity contribution is -0.136. The van der Waals surface area contributed by atoms with Gasteiger partial charge < -0.3 is 26.0 Å². The number of nitrogens with zero attached hydrogens (tertiary/aromatic N) is 6. The summed E-state index contributed by atoms with van der Waals surface area (Å²) in [4.78, 5) is 82.4. The minimum absolute atomic E-state index is 0.0850. The summed E-state index contributed by atoms with van der Waals surface area (Å²) in [5.74, 6) is -1.46. The number of aliphatic hydroxyl groups is 1. The van der Waals surface area contributed by atoms with Gasteiger partial charge in [0.1, 0.15) is 28.8 Å². The second-order valence-corrected chi connectivity index (χ2v) is 15.0. The Hall–Kier alpha value is -6.52. The maximum Gasteiger partial charge on any atom is 0.262 e. The van der Waals surface area contributed by atoms with E-state index in [4.69, 9.17) is 0 Å². The van der Waals surface area contributed by atoms with Gasteiger partial charge in [0.2, 0.25) is 17.8 Å². The fraction of sp³-hybridized carbons (Fsp3) is 0.333. The van der Waals surface area contributed by atoms with E-state index in [2.05, 4.69) is 52.6 Å². The molecule has 0 spiro atoms. The van der Waals surface area contributed by atoms with E-state index >= 15 is 0 Å². The normalized spacial score (nSPS) is 17.2. The maximum absolute atomic E-state index is 13.2. The number of piperidine rings is 1. The third-order valence-electron chi connectivity index (χ3n) is 10.4. The van der Waals surface area contributed by atoms with E-state index < -0.39 is 35.3 Å². The molecule has 2 fully saturated rings. The van der Waals surface area contributed by atoms with Crippen molar-refractivity contribution in [2.45, 2.75) is 51.2 Å². The minimum atomic E-state index is -1.16. The van der Waals surface area contributed by atoms with Crippen LogP contribution in [0.2, 0.25) is 0 Å². The molecule has 300 valence electrons. The molecule has 5 heterocycles. The number of fused-ring (bicyclic) bond motifs is 1. The maximum atomic E-state index is 13.2. The predicted octanol–water partition coefficient (Wildman–Crippen LogP) is 3.66. The van der Waals surface area contributed by atoms with Crippen LogP contribution in [0.4, 0.5) is 29.0 Å². The third-order valence-corrected chi connectivity index (χ3v) is 10.4. The molecule has 5 amide bonds. The monoisotopic (exact) mass is 786 g/mol. The fourth-order valence-electron chi connectivity index (χ4n) is 7.22. The zero-order chi connectivity index (χ0) is 41.0. The Kier molecular flexibility index (Phi) is 11.6. The van der Waals surface area contributed by atoms with Gasteiger partial charge in [0.05, 0.1) is 16.8 Å². The Morgan fingerprint density at radius 3 is 2.45 bits per heavy atom. The first-order valence-electron chi connectivity index (χ1n) is 19.3. The number of piperazine rings is 1. The molecule has 58 heavy (non-hydrogen) atoms. The lowest BCUT2D eigenvalue weighted by atomic mass is 10.0. The SMILES string of the molecule is C=CCNC(=O)c1cnc(Nc2ccc(N3CCN(CCCc4ccc5c(c4)C(=O)N(C4CCC(=O)NC4=O)C5=O)CC3)cc2)nc1Nc1cccc(C(C)(C)O)n1. The van der Waals surface area contributed by atoms with Crippen molar-refractivity contribution in [1.29, 1.82) is 0 Å². The number of imide groups is 2. The number of rotatable bonds is 14. The number of carbonyl (C=O) groups excluding carboxylic acids is 5. The van der Waals surface area contributed by atoms with E-state index in [1.807, 2.05) is 30.3 Å². The van der Waals surface area contributed by atoms with E-state index in [1.165, 1.54) is 6.20 Å². The van der Waals surface area contributed by atoms with Crippen LogP contribution < -0.4 is 26.2 Å². The largest absolute Gasteiger partial charge is 0.384 e. The number of carbonyl (C=O) groups is 5. The molecule has 3 aliphatic rings. The summed E-state index contributed by atoms with van der Waals surface area (Å²) in [6, 6.07) is 17.5. The molecule has 1 atom stereocenters. The van der Waals surface area contributed by atoms with Crippen LogP contribution in [0.1, 0.15) is 75.4 Å². The molecule has 0 bridgehead atoms. The number of amides is 5. The molecule has 2 aromatic heterocycles. The van der Waals surface area contributed by atoms with Gasteiger partial charge in [0, 0.05) is 56.7 Å². The van der Waals surface area contributed by atoms with Crippen LogP contribution in [0.5, 0.6) is 0 Å². The number of hydrogen-bond donors (Lipinski definition) is 5. The van der Waals surface area contributed by atoms with Crippen LogP contribution in [-0.4, -0.2) is 105 Å². The number of benzene rings is 2. The second-order valence-electron chi connectivity index (χ2n) is 15.0. The van der Waals surface area contributed by atoms with Crippen molar-refractivity contribution in [3.05, 3.63) is 107 Å². The second kappa shape index (κ2) is 16.9. The molecular weight excluding hydrogens is 741 g/mol. The van der Waals surface area contributed by atoms with E-state index in [-0.39, 0.29) is 48.2 Å². The first kappa shape index (κ1) is 39.7. The van der Waals surface area contributed by atoms with Crippen LogP contribution in [0, 0.1) is 0 Å². The topological polar surface area (TPSA) is 202 Å². The van der Waals surface area contributed by atoms with Crippen LogP contribution in [0.3, 0.4) is 0 Å². The molecule has 0 aliphatic carbocycles. The molecule has 3 aliphatic heterocycles. The van der Waals surface area contributed by atoms with Gasteiger partial charge >= 0.3 is 0 Å². The molecule has 16 nitrogen and oxygen atoms in total. The molecule has 2 aromatic carbocycles. The smallest absolute Gasteiger partial charge is 0.262 e.